The van der Waals surface area contributed by atoms with E-state index in [9.17, 15) is 9.59 Å². The van der Waals surface area contributed by atoms with Gasteiger partial charge in [-0.3, -0.25) is 14.9 Å². The van der Waals surface area contributed by atoms with E-state index < -0.39 is 0 Å². The third kappa shape index (κ3) is 5.32. The number of hydrogen-bond acceptors (Lipinski definition) is 7. The van der Waals surface area contributed by atoms with Crippen LogP contribution in [0.15, 0.2) is 58.0 Å². The number of nitrogens with one attached hydrogen (secondary N) is 3. The molecule has 0 spiro atoms. The molecular formula is C25H24BrN5O2S. The van der Waals surface area contributed by atoms with Crippen LogP contribution in [-0.4, -0.2) is 33.2 Å². The van der Waals surface area contributed by atoms with E-state index in [4.69, 9.17) is 0 Å². The van der Waals surface area contributed by atoms with Crippen LogP contribution in [0.3, 0.4) is 0 Å². The minimum atomic E-state index is -0.385. The highest BCUT2D eigenvalue weighted by Gasteiger charge is 2.25. The molecular weight excluding hydrogens is 514 g/mol. The maximum absolute atomic E-state index is 11.8. The minimum absolute atomic E-state index is 0.305. The summed E-state index contributed by atoms with van der Waals surface area (Å²) in [6.45, 7) is 0.835. The van der Waals surface area contributed by atoms with E-state index in [0.29, 0.717) is 28.6 Å². The Morgan fingerprint density at radius 1 is 1.06 bits per heavy atom. The van der Waals surface area contributed by atoms with Crippen LogP contribution in [0.1, 0.15) is 36.9 Å². The number of hydrogen-bond donors (Lipinski definition) is 3. The second-order valence-electron chi connectivity index (χ2n) is 8.49. The van der Waals surface area contributed by atoms with Crippen molar-refractivity contribution in [3.05, 3.63) is 69.3 Å². The zero-order chi connectivity index (χ0) is 23.5. The van der Waals surface area contributed by atoms with Gasteiger partial charge in [-0.05, 0) is 81.9 Å². The number of benzene rings is 2. The maximum Gasteiger partial charge on any atom is 0.290 e. The third-order valence-corrected chi connectivity index (χ3v) is 7.93. The van der Waals surface area contributed by atoms with Crippen LogP contribution in [0.4, 0.5) is 10.7 Å². The first-order chi connectivity index (χ1) is 16.5. The fourth-order valence-electron chi connectivity index (χ4n) is 4.37. The normalized spacial score (nSPS) is 21.7. The highest BCUT2D eigenvalue weighted by atomic mass is 79.9. The average molecular weight is 538 g/mol. The molecule has 1 aromatic heterocycles. The number of carbonyl (C=O) groups excluding carboxylic acids is 2. The monoisotopic (exact) mass is 537 g/mol. The van der Waals surface area contributed by atoms with Crippen molar-refractivity contribution in [3.8, 4) is 0 Å². The molecule has 3 aromatic rings. The third-order valence-electron chi connectivity index (χ3n) is 6.18. The van der Waals surface area contributed by atoms with E-state index in [-0.39, 0.29) is 11.1 Å². The number of aromatic nitrogens is 2. The van der Waals surface area contributed by atoms with E-state index in [1.807, 2.05) is 0 Å². The standard InChI is InChI=1S/C25H24BrN5O2S/c26-22-16(6-5-15-3-1-2-4-20(15)22)14-28-17-7-9-18(10-8-17)29-24-27-12-11-19(30-24)13-21-23(32)31-25(33)34-21/h1-6,11-13,17-18,28H,7-10,14H2,(H,27,29,30)(H,31,32,33). The molecule has 1 aliphatic heterocycles. The predicted molar refractivity (Wildman–Crippen MR) is 139 cm³/mol. The van der Waals surface area contributed by atoms with Crippen LogP contribution in [-0.2, 0) is 11.3 Å². The molecule has 174 valence electrons. The number of fused-ring (bicyclic) bond motifs is 1. The molecule has 2 amide bonds. The lowest BCUT2D eigenvalue weighted by molar-refractivity contribution is -0.115. The summed E-state index contributed by atoms with van der Waals surface area (Å²) in [5.74, 6) is 0.158. The SMILES string of the molecule is O=C1NC(=O)C(=Cc2ccnc(NC3CCC(NCc4ccc5ccccc5c4Br)CC3)n2)S1. The largest absolute Gasteiger partial charge is 0.351 e. The lowest BCUT2D eigenvalue weighted by Gasteiger charge is -2.30. The maximum atomic E-state index is 11.8. The zero-order valence-electron chi connectivity index (χ0n) is 18.4. The van der Waals surface area contributed by atoms with Crippen molar-refractivity contribution >= 4 is 61.6 Å². The van der Waals surface area contributed by atoms with Crippen molar-refractivity contribution < 1.29 is 9.59 Å². The van der Waals surface area contributed by atoms with Crippen molar-refractivity contribution in [2.24, 2.45) is 0 Å². The van der Waals surface area contributed by atoms with E-state index in [2.05, 4.69) is 78.2 Å². The molecule has 34 heavy (non-hydrogen) atoms. The minimum Gasteiger partial charge on any atom is -0.351 e. The quantitative estimate of drug-likeness (QED) is 0.370. The summed E-state index contributed by atoms with van der Waals surface area (Å²) in [5, 5.41) is 11.5. The van der Waals surface area contributed by atoms with Crippen LogP contribution >= 0.6 is 27.7 Å². The number of nitrogens with zero attached hydrogens (tertiary/aromatic N) is 2. The Morgan fingerprint density at radius 3 is 2.65 bits per heavy atom. The van der Waals surface area contributed by atoms with Gasteiger partial charge in [-0.25, -0.2) is 9.97 Å². The highest BCUT2D eigenvalue weighted by molar-refractivity contribution is 9.10. The zero-order valence-corrected chi connectivity index (χ0v) is 20.8. The summed E-state index contributed by atoms with van der Waals surface area (Å²) in [4.78, 5) is 32.3. The smallest absolute Gasteiger partial charge is 0.290 e. The Kier molecular flexibility index (Phi) is 6.94. The Morgan fingerprint density at radius 2 is 1.85 bits per heavy atom. The summed E-state index contributed by atoms with van der Waals surface area (Å²) in [7, 11) is 0. The van der Waals surface area contributed by atoms with E-state index >= 15 is 0 Å². The Labute approximate surface area is 210 Å². The fraction of sp³-hybridized carbons (Fsp3) is 0.280. The van der Waals surface area contributed by atoms with Gasteiger partial charge in [0.15, 0.2) is 0 Å². The number of imide groups is 1. The van der Waals surface area contributed by atoms with Crippen LogP contribution in [0, 0.1) is 0 Å². The Bertz CT molecular complexity index is 1270. The van der Waals surface area contributed by atoms with Gasteiger partial charge in [-0.15, -0.1) is 0 Å². The van der Waals surface area contributed by atoms with Crippen molar-refractivity contribution in [1.29, 1.82) is 0 Å². The molecule has 2 fully saturated rings. The highest BCUT2D eigenvalue weighted by Crippen LogP contribution is 2.29. The molecule has 0 unspecified atom stereocenters. The number of thioether (sulfide) groups is 1. The van der Waals surface area contributed by atoms with Gasteiger partial charge in [-0.2, -0.15) is 0 Å². The van der Waals surface area contributed by atoms with E-state index in [1.54, 1.807) is 18.3 Å². The first kappa shape index (κ1) is 23.0. The molecule has 2 heterocycles. The summed E-state index contributed by atoms with van der Waals surface area (Å²) in [6, 6.07) is 15.3. The lowest BCUT2D eigenvalue weighted by Crippen LogP contribution is -2.37. The number of halogens is 1. The second-order valence-corrected chi connectivity index (χ2v) is 10.3. The molecule has 1 aliphatic carbocycles. The number of carbonyl (C=O) groups is 2. The second kappa shape index (κ2) is 10.2. The van der Waals surface area contributed by atoms with Crippen LogP contribution in [0.5, 0.6) is 0 Å². The molecule has 9 heteroatoms. The molecule has 0 bridgehead atoms. The Hall–Kier alpha value is -2.75. The van der Waals surface area contributed by atoms with Gasteiger partial charge in [0, 0.05) is 29.3 Å². The van der Waals surface area contributed by atoms with Gasteiger partial charge in [0.2, 0.25) is 5.95 Å². The fourth-order valence-corrected chi connectivity index (χ4v) is 5.67. The van der Waals surface area contributed by atoms with Gasteiger partial charge < -0.3 is 10.6 Å². The van der Waals surface area contributed by atoms with Crippen molar-refractivity contribution in [3.63, 3.8) is 0 Å². The van der Waals surface area contributed by atoms with Crippen LogP contribution in [0.25, 0.3) is 16.8 Å². The molecule has 5 rings (SSSR count). The molecule has 1 saturated carbocycles. The van der Waals surface area contributed by atoms with Gasteiger partial charge in [-0.1, -0.05) is 36.4 Å². The van der Waals surface area contributed by atoms with Crippen molar-refractivity contribution in [2.45, 2.75) is 44.3 Å². The first-order valence-corrected chi connectivity index (χ1v) is 12.9. The average Bonchev–Trinajstić information content (AvgIpc) is 3.16. The molecule has 3 N–H and O–H groups in total. The molecule has 7 nitrogen and oxygen atoms in total. The topological polar surface area (TPSA) is 96.0 Å². The number of amides is 2. The van der Waals surface area contributed by atoms with E-state index in [0.717, 1.165) is 44.0 Å². The predicted octanol–water partition coefficient (Wildman–Crippen LogP) is 5.23. The van der Waals surface area contributed by atoms with Gasteiger partial charge in [0.05, 0.1) is 10.6 Å². The molecule has 2 aromatic carbocycles. The summed E-state index contributed by atoms with van der Waals surface area (Å²) >= 11 is 4.67. The summed E-state index contributed by atoms with van der Waals surface area (Å²) < 4.78 is 1.17. The van der Waals surface area contributed by atoms with E-state index in [1.165, 1.54) is 20.8 Å². The van der Waals surface area contributed by atoms with Gasteiger partial charge >= 0.3 is 0 Å². The van der Waals surface area contributed by atoms with Crippen LogP contribution < -0.4 is 16.0 Å². The summed E-state index contributed by atoms with van der Waals surface area (Å²) in [6.07, 6.45) is 7.48. The first-order valence-electron chi connectivity index (χ1n) is 11.3. The molecule has 2 aliphatic rings. The number of anilines is 1. The lowest BCUT2D eigenvalue weighted by atomic mass is 9.91. The molecule has 0 radical (unpaired) electrons. The van der Waals surface area contributed by atoms with Crippen molar-refractivity contribution in [1.82, 2.24) is 20.6 Å². The number of rotatable bonds is 6. The van der Waals surface area contributed by atoms with Gasteiger partial charge in [0.25, 0.3) is 11.1 Å². The van der Waals surface area contributed by atoms with Crippen LogP contribution in [0.2, 0.25) is 0 Å². The summed E-state index contributed by atoms with van der Waals surface area (Å²) in [5.41, 5.74) is 1.87. The molecule has 1 saturated heterocycles. The van der Waals surface area contributed by atoms with Crippen molar-refractivity contribution in [2.75, 3.05) is 5.32 Å². The van der Waals surface area contributed by atoms with Gasteiger partial charge in [0.1, 0.15) is 0 Å². The Balaban J connectivity index is 1.14. The molecule has 0 atom stereocenters.